The molecule has 3 rings (SSSR count). The van der Waals surface area contributed by atoms with Crippen molar-refractivity contribution < 1.29 is 14.3 Å². The number of hydrogen-bond donors (Lipinski definition) is 0. The Balaban J connectivity index is 2.07. The SMILES string of the molecule is CCn1c(=NC(=O)c2ccc(SC(C)C)cc2)sc2c(OC)ccc(OC)c21. The number of rotatable bonds is 6. The lowest BCUT2D eigenvalue weighted by atomic mass is 10.2. The maximum Gasteiger partial charge on any atom is 0.279 e. The molecule has 1 heterocycles. The molecule has 0 aliphatic carbocycles. The van der Waals surface area contributed by atoms with Gasteiger partial charge in [-0.15, -0.1) is 11.8 Å². The van der Waals surface area contributed by atoms with Gasteiger partial charge in [0, 0.05) is 22.3 Å². The average Bonchev–Trinajstić information content (AvgIpc) is 3.05. The topological polar surface area (TPSA) is 52.8 Å². The number of carbonyl (C=O) groups is 1. The minimum Gasteiger partial charge on any atom is -0.495 e. The summed E-state index contributed by atoms with van der Waals surface area (Å²) < 4.78 is 13.9. The van der Waals surface area contributed by atoms with Gasteiger partial charge in [-0.25, -0.2) is 0 Å². The molecular weight excluding hydrogens is 392 g/mol. The largest absolute Gasteiger partial charge is 0.495 e. The van der Waals surface area contributed by atoms with Gasteiger partial charge in [-0.05, 0) is 43.3 Å². The van der Waals surface area contributed by atoms with E-state index in [0.717, 1.165) is 26.6 Å². The number of aromatic nitrogens is 1. The maximum atomic E-state index is 12.8. The van der Waals surface area contributed by atoms with Crippen molar-refractivity contribution >= 4 is 39.2 Å². The lowest BCUT2D eigenvalue weighted by molar-refractivity contribution is 0.0998. The number of ether oxygens (including phenoxy) is 2. The molecule has 0 aliphatic rings. The summed E-state index contributed by atoms with van der Waals surface area (Å²) >= 11 is 3.20. The molecule has 0 aliphatic heterocycles. The van der Waals surface area contributed by atoms with Gasteiger partial charge in [0.05, 0.1) is 14.2 Å². The van der Waals surface area contributed by atoms with E-state index >= 15 is 0 Å². The second-order valence-corrected chi connectivity index (χ2v) is 9.01. The van der Waals surface area contributed by atoms with Gasteiger partial charge in [0.1, 0.15) is 21.7 Å². The van der Waals surface area contributed by atoms with Crippen LogP contribution in [0.5, 0.6) is 11.5 Å². The number of benzene rings is 2. The zero-order chi connectivity index (χ0) is 20.3. The van der Waals surface area contributed by atoms with Gasteiger partial charge in [0.15, 0.2) is 4.80 Å². The van der Waals surface area contributed by atoms with Gasteiger partial charge in [0.2, 0.25) is 0 Å². The first-order chi connectivity index (χ1) is 13.5. The maximum absolute atomic E-state index is 12.8. The normalized spacial score (nSPS) is 12.0. The van der Waals surface area contributed by atoms with Crippen molar-refractivity contribution in [3.8, 4) is 11.5 Å². The number of thioether (sulfide) groups is 1. The van der Waals surface area contributed by atoms with Crippen molar-refractivity contribution in [2.45, 2.75) is 37.5 Å². The molecule has 0 unspecified atom stereocenters. The Hall–Kier alpha value is -2.25. The minimum absolute atomic E-state index is 0.257. The Morgan fingerprint density at radius 2 is 1.75 bits per heavy atom. The number of amides is 1. The van der Waals surface area contributed by atoms with Crippen LogP contribution in [-0.4, -0.2) is 29.9 Å². The summed E-state index contributed by atoms with van der Waals surface area (Å²) in [7, 11) is 3.27. The van der Waals surface area contributed by atoms with Gasteiger partial charge in [0.25, 0.3) is 5.91 Å². The van der Waals surface area contributed by atoms with Crippen LogP contribution in [0.4, 0.5) is 0 Å². The number of nitrogens with zero attached hydrogens (tertiary/aromatic N) is 2. The van der Waals surface area contributed by atoms with Crippen molar-refractivity contribution in [3.63, 3.8) is 0 Å². The predicted molar refractivity (Wildman–Crippen MR) is 116 cm³/mol. The minimum atomic E-state index is -0.257. The summed E-state index contributed by atoms with van der Waals surface area (Å²) in [5, 5.41) is 0.498. The third-order valence-electron chi connectivity index (χ3n) is 4.18. The monoisotopic (exact) mass is 416 g/mol. The molecule has 1 aromatic heterocycles. The second-order valence-electron chi connectivity index (χ2n) is 6.38. The molecule has 0 radical (unpaired) electrons. The fourth-order valence-electron chi connectivity index (χ4n) is 2.93. The number of carbonyl (C=O) groups excluding carboxylic acids is 1. The van der Waals surface area contributed by atoms with Crippen LogP contribution in [0.1, 0.15) is 31.1 Å². The molecule has 0 bridgehead atoms. The molecule has 5 nitrogen and oxygen atoms in total. The molecule has 0 saturated heterocycles. The van der Waals surface area contributed by atoms with Crippen LogP contribution in [0.25, 0.3) is 10.2 Å². The van der Waals surface area contributed by atoms with Crippen molar-refractivity contribution in [2.75, 3.05) is 14.2 Å². The van der Waals surface area contributed by atoms with E-state index in [-0.39, 0.29) is 5.91 Å². The van der Waals surface area contributed by atoms with E-state index in [1.54, 1.807) is 26.0 Å². The highest BCUT2D eigenvalue weighted by Crippen LogP contribution is 2.35. The summed E-state index contributed by atoms with van der Waals surface area (Å²) in [4.78, 5) is 18.9. The Morgan fingerprint density at radius 3 is 2.32 bits per heavy atom. The molecule has 1 amide bonds. The molecular formula is C21H24N2O3S2. The lowest BCUT2D eigenvalue weighted by Crippen LogP contribution is -2.16. The zero-order valence-corrected chi connectivity index (χ0v) is 18.3. The highest BCUT2D eigenvalue weighted by atomic mass is 32.2. The van der Waals surface area contributed by atoms with Crippen LogP contribution < -0.4 is 14.3 Å². The fraction of sp³-hybridized carbons (Fsp3) is 0.333. The van der Waals surface area contributed by atoms with Crippen LogP contribution in [0.2, 0.25) is 0 Å². The van der Waals surface area contributed by atoms with Gasteiger partial charge in [-0.2, -0.15) is 4.99 Å². The van der Waals surface area contributed by atoms with Crippen molar-refractivity contribution in [1.82, 2.24) is 4.57 Å². The number of thiazole rings is 1. The molecule has 0 atom stereocenters. The highest BCUT2D eigenvalue weighted by Gasteiger charge is 2.16. The van der Waals surface area contributed by atoms with E-state index in [4.69, 9.17) is 9.47 Å². The first-order valence-corrected chi connectivity index (χ1v) is 10.8. The standard InChI is InChI=1S/C21H24N2O3S2/c1-6-23-18-16(25-4)11-12-17(26-5)19(18)28-21(23)22-20(24)14-7-9-15(10-8-14)27-13(2)3/h7-13H,6H2,1-5H3. The quantitative estimate of drug-likeness (QED) is 0.532. The molecule has 3 aromatic rings. The summed E-state index contributed by atoms with van der Waals surface area (Å²) in [6.07, 6.45) is 0. The molecule has 28 heavy (non-hydrogen) atoms. The second kappa shape index (κ2) is 8.84. The van der Waals surface area contributed by atoms with Crippen LogP contribution in [0.3, 0.4) is 0 Å². The van der Waals surface area contributed by atoms with Crippen molar-refractivity contribution in [3.05, 3.63) is 46.8 Å². The molecule has 0 saturated carbocycles. The number of hydrogen-bond acceptors (Lipinski definition) is 5. The highest BCUT2D eigenvalue weighted by molar-refractivity contribution is 7.99. The molecule has 0 spiro atoms. The first-order valence-electron chi connectivity index (χ1n) is 9.08. The van der Waals surface area contributed by atoms with E-state index < -0.39 is 0 Å². The Morgan fingerprint density at radius 1 is 1.11 bits per heavy atom. The van der Waals surface area contributed by atoms with E-state index in [1.807, 2.05) is 47.9 Å². The Bertz CT molecular complexity index is 1050. The molecule has 148 valence electrons. The summed E-state index contributed by atoms with van der Waals surface area (Å²) in [5.41, 5.74) is 1.47. The number of methoxy groups -OCH3 is 2. The van der Waals surface area contributed by atoms with Crippen LogP contribution in [-0.2, 0) is 6.54 Å². The predicted octanol–water partition coefficient (Wildman–Crippen LogP) is 4.98. The van der Waals surface area contributed by atoms with E-state index in [1.165, 1.54) is 11.3 Å². The summed E-state index contributed by atoms with van der Waals surface area (Å²) in [5.74, 6) is 1.22. The molecule has 0 fully saturated rings. The third kappa shape index (κ3) is 4.10. The van der Waals surface area contributed by atoms with E-state index in [0.29, 0.717) is 22.2 Å². The Labute approximate surface area is 173 Å². The van der Waals surface area contributed by atoms with Crippen molar-refractivity contribution in [1.29, 1.82) is 0 Å². The van der Waals surface area contributed by atoms with Crippen LogP contribution >= 0.6 is 23.1 Å². The fourth-order valence-corrected chi connectivity index (χ4v) is 4.97. The number of fused-ring (bicyclic) bond motifs is 1. The Kier molecular flexibility index (Phi) is 6.46. The summed E-state index contributed by atoms with van der Waals surface area (Å²) in [6, 6.07) is 11.4. The van der Waals surface area contributed by atoms with Gasteiger partial charge >= 0.3 is 0 Å². The zero-order valence-electron chi connectivity index (χ0n) is 16.7. The summed E-state index contributed by atoms with van der Waals surface area (Å²) in [6.45, 7) is 6.98. The van der Waals surface area contributed by atoms with Crippen LogP contribution in [0.15, 0.2) is 46.3 Å². The molecule has 2 aromatic carbocycles. The average molecular weight is 417 g/mol. The lowest BCUT2D eigenvalue weighted by Gasteiger charge is -2.08. The first kappa shape index (κ1) is 20.5. The third-order valence-corrected chi connectivity index (χ3v) is 6.29. The van der Waals surface area contributed by atoms with E-state index in [9.17, 15) is 4.79 Å². The van der Waals surface area contributed by atoms with Crippen molar-refractivity contribution in [2.24, 2.45) is 4.99 Å². The smallest absolute Gasteiger partial charge is 0.279 e. The molecule has 0 N–H and O–H groups in total. The number of aryl methyl sites for hydroxylation is 1. The van der Waals surface area contributed by atoms with Gasteiger partial charge < -0.3 is 14.0 Å². The molecule has 7 heteroatoms. The van der Waals surface area contributed by atoms with Crippen LogP contribution in [0, 0.1) is 0 Å². The van der Waals surface area contributed by atoms with Gasteiger partial charge in [-0.1, -0.05) is 25.2 Å². The van der Waals surface area contributed by atoms with Gasteiger partial charge in [-0.3, -0.25) is 4.79 Å². The van der Waals surface area contributed by atoms with E-state index in [2.05, 4.69) is 18.8 Å².